The summed E-state index contributed by atoms with van der Waals surface area (Å²) in [7, 11) is 6.29. The fraction of sp³-hybridized carbons (Fsp3) is 0.286. The molecule has 2 aromatic rings. The van der Waals surface area contributed by atoms with Gasteiger partial charge in [-0.2, -0.15) is 0 Å². The molecule has 0 aliphatic rings. The number of carbonyl (C=O) groups is 1. The van der Waals surface area contributed by atoms with Gasteiger partial charge in [-0.3, -0.25) is 10.1 Å². The second-order valence-corrected chi connectivity index (χ2v) is 4.23. The van der Waals surface area contributed by atoms with E-state index in [2.05, 4.69) is 10.3 Å². The van der Waals surface area contributed by atoms with E-state index in [0.717, 1.165) is 0 Å². The fourth-order valence-corrected chi connectivity index (χ4v) is 1.87. The summed E-state index contributed by atoms with van der Waals surface area (Å²) in [5.41, 5.74) is 0.382. The normalized spacial score (nSPS) is 10.1. The van der Waals surface area contributed by atoms with E-state index in [9.17, 15) is 4.79 Å². The zero-order valence-corrected chi connectivity index (χ0v) is 12.3. The smallest absolute Gasteiger partial charge is 0.258 e. The van der Waals surface area contributed by atoms with Gasteiger partial charge in [-0.1, -0.05) is 0 Å². The van der Waals surface area contributed by atoms with Crippen LogP contribution in [0.3, 0.4) is 0 Å². The van der Waals surface area contributed by atoms with E-state index in [1.807, 2.05) is 0 Å². The first kappa shape index (κ1) is 14.7. The minimum absolute atomic E-state index is 0.316. The summed E-state index contributed by atoms with van der Waals surface area (Å²) < 4.78 is 17.4. The highest BCUT2D eigenvalue weighted by Gasteiger charge is 2.17. The Morgan fingerprint density at radius 1 is 1.14 bits per heavy atom. The molecule has 0 saturated carbocycles. The molecule has 1 amide bonds. The maximum Gasteiger partial charge on any atom is 0.258 e. The van der Waals surface area contributed by atoms with Gasteiger partial charge in [0, 0.05) is 25.0 Å². The van der Waals surface area contributed by atoms with Crippen molar-refractivity contribution in [3.63, 3.8) is 0 Å². The van der Waals surface area contributed by atoms with Crippen LogP contribution in [0.2, 0.25) is 0 Å². The van der Waals surface area contributed by atoms with Crippen molar-refractivity contribution in [1.29, 1.82) is 0 Å². The van der Waals surface area contributed by atoms with Gasteiger partial charge in [0.1, 0.15) is 0 Å². The highest BCUT2D eigenvalue weighted by Crippen LogP contribution is 2.38. The number of imidazole rings is 1. The Labute approximate surface area is 122 Å². The Bertz CT molecular complexity index is 626. The average Bonchev–Trinajstić information content (AvgIpc) is 2.90. The number of methoxy groups -OCH3 is 3. The Balaban J connectivity index is 2.35. The largest absolute Gasteiger partial charge is 0.493 e. The molecule has 0 fully saturated rings. The number of carbonyl (C=O) groups excluding carboxylic acids is 1. The molecule has 0 aliphatic heterocycles. The summed E-state index contributed by atoms with van der Waals surface area (Å²) in [5.74, 6) is 1.41. The van der Waals surface area contributed by atoms with Crippen LogP contribution < -0.4 is 19.5 Å². The van der Waals surface area contributed by atoms with Gasteiger partial charge >= 0.3 is 0 Å². The maximum absolute atomic E-state index is 12.3. The highest BCUT2D eigenvalue weighted by molar-refractivity contribution is 6.04. The number of anilines is 1. The highest BCUT2D eigenvalue weighted by atomic mass is 16.5. The summed E-state index contributed by atoms with van der Waals surface area (Å²) in [6.07, 6.45) is 3.34. The van der Waals surface area contributed by atoms with Crippen molar-refractivity contribution >= 4 is 11.9 Å². The first-order valence-electron chi connectivity index (χ1n) is 6.19. The molecule has 0 unspecified atom stereocenters. The molecule has 1 aromatic heterocycles. The van der Waals surface area contributed by atoms with Gasteiger partial charge in [-0.25, -0.2) is 4.98 Å². The Kier molecular flexibility index (Phi) is 4.32. The molecule has 112 valence electrons. The molecule has 1 aromatic carbocycles. The van der Waals surface area contributed by atoms with Crippen LogP contribution in [0.1, 0.15) is 10.4 Å². The summed E-state index contributed by atoms with van der Waals surface area (Å²) in [5, 5.41) is 2.71. The third-order valence-corrected chi connectivity index (χ3v) is 2.97. The number of nitrogens with one attached hydrogen (secondary N) is 1. The molecule has 0 spiro atoms. The summed E-state index contributed by atoms with van der Waals surface area (Å²) >= 11 is 0. The molecule has 0 atom stereocenters. The van der Waals surface area contributed by atoms with Crippen molar-refractivity contribution in [3.05, 3.63) is 30.1 Å². The number of amides is 1. The van der Waals surface area contributed by atoms with E-state index in [4.69, 9.17) is 14.2 Å². The Morgan fingerprint density at radius 2 is 1.76 bits per heavy atom. The van der Waals surface area contributed by atoms with Crippen molar-refractivity contribution < 1.29 is 19.0 Å². The lowest BCUT2D eigenvalue weighted by Crippen LogP contribution is -2.15. The Hall–Kier alpha value is -2.70. The molecule has 7 nitrogen and oxygen atoms in total. The van der Waals surface area contributed by atoms with E-state index in [1.165, 1.54) is 21.3 Å². The van der Waals surface area contributed by atoms with Crippen LogP contribution in [0.5, 0.6) is 17.2 Å². The van der Waals surface area contributed by atoms with Gasteiger partial charge in [0.05, 0.1) is 21.3 Å². The SMILES string of the molecule is COc1cc(C(=O)Nc2nccn2C)cc(OC)c1OC. The van der Waals surface area contributed by atoms with Gasteiger partial charge < -0.3 is 18.8 Å². The maximum atomic E-state index is 12.3. The van der Waals surface area contributed by atoms with E-state index in [1.54, 1.807) is 36.1 Å². The molecule has 7 heteroatoms. The predicted molar refractivity (Wildman–Crippen MR) is 77.3 cm³/mol. The Morgan fingerprint density at radius 3 is 2.19 bits per heavy atom. The summed E-state index contributed by atoms with van der Waals surface area (Å²) in [6.45, 7) is 0. The minimum atomic E-state index is -0.316. The van der Waals surface area contributed by atoms with E-state index >= 15 is 0 Å². The molecule has 1 N–H and O–H groups in total. The van der Waals surface area contributed by atoms with Gasteiger partial charge in [0.25, 0.3) is 5.91 Å². The van der Waals surface area contributed by atoms with Crippen molar-refractivity contribution in [1.82, 2.24) is 9.55 Å². The number of nitrogens with zero attached hydrogens (tertiary/aromatic N) is 2. The topological polar surface area (TPSA) is 74.6 Å². The lowest BCUT2D eigenvalue weighted by Gasteiger charge is -2.14. The van der Waals surface area contributed by atoms with E-state index in [0.29, 0.717) is 28.8 Å². The van der Waals surface area contributed by atoms with Gasteiger partial charge in [-0.05, 0) is 12.1 Å². The van der Waals surface area contributed by atoms with Gasteiger partial charge in [0.15, 0.2) is 11.5 Å². The van der Waals surface area contributed by atoms with Crippen molar-refractivity contribution in [2.24, 2.45) is 7.05 Å². The lowest BCUT2D eigenvalue weighted by molar-refractivity contribution is 0.102. The van der Waals surface area contributed by atoms with E-state index < -0.39 is 0 Å². The molecule has 21 heavy (non-hydrogen) atoms. The quantitative estimate of drug-likeness (QED) is 0.907. The fourth-order valence-electron chi connectivity index (χ4n) is 1.87. The van der Waals surface area contributed by atoms with Crippen LogP contribution in [0, 0.1) is 0 Å². The average molecular weight is 291 g/mol. The number of rotatable bonds is 5. The van der Waals surface area contributed by atoms with Crippen LogP contribution in [-0.2, 0) is 7.05 Å². The van der Waals surface area contributed by atoms with Gasteiger partial charge in [0.2, 0.25) is 11.7 Å². The molecular formula is C14H17N3O4. The second-order valence-electron chi connectivity index (χ2n) is 4.23. The molecule has 0 radical (unpaired) electrons. The zero-order valence-electron chi connectivity index (χ0n) is 12.3. The molecule has 0 saturated heterocycles. The molecule has 2 rings (SSSR count). The third kappa shape index (κ3) is 2.91. The molecule has 0 aliphatic carbocycles. The van der Waals surface area contributed by atoms with Crippen LogP contribution in [0.15, 0.2) is 24.5 Å². The number of aryl methyl sites for hydroxylation is 1. The van der Waals surface area contributed by atoms with Crippen molar-refractivity contribution in [3.8, 4) is 17.2 Å². The van der Waals surface area contributed by atoms with Crippen LogP contribution in [0.4, 0.5) is 5.95 Å². The van der Waals surface area contributed by atoms with Crippen molar-refractivity contribution in [2.75, 3.05) is 26.6 Å². The summed E-state index contributed by atoms with van der Waals surface area (Å²) in [4.78, 5) is 16.3. The van der Waals surface area contributed by atoms with E-state index in [-0.39, 0.29) is 5.91 Å². The second kappa shape index (κ2) is 6.17. The monoisotopic (exact) mass is 291 g/mol. The number of ether oxygens (including phenoxy) is 3. The molecule has 1 heterocycles. The van der Waals surface area contributed by atoms with Gasteiger partial charge in [-0.15, -0.1) is 0 Å². The predicted octanol–water partition coefficient (Wildman–Crippen LogP) is 1.70. The number of hydrogen-bond donors (Lipinski definition) is 1. The lowest BCUT2D eigenvalue weighted by atomic mass is 10.1. The minimum Gasteiger partial charge on any atom is -0.493 e. The number of hydrogen-bond acceptors (Lipinski definition) is 5. The zero-order chi connectivity index (χ0) is 15.4. The summed E-state index contributed by atoms with van der Waals surface area (Å²) in [6, 6.07) is 3.17. The van der Waals surface area contributed by atoms with Crippen LogP contribution in [0.25, 0.3) is 0 Å². The van der Waals surface area contributed by atoms with Crippen molar-refractivity contribution in [2.45, 2.75) is 0 Å². The number of benzene rings is 1. The van der Waals surface area contributed by atoms with Crippen LogP contribution in [-0.4, -0.2) is 36.8 Å². The first-order chi connectivity index (χ1) is 10.1. The van der Waals surface area contributed by atoms with Crippen LogP contribution >= 0.6 is 0 Å². The number of aromatic nitrogens is 2. The third-order valence-electron chi connectivity index (χ3n) is 2.97. The molecular weight excluding hydrogens is 274 g/mol. The standard InChI is InChI=1S/C14H17N3O4/c1-17-6-5-15-14(17)16-13(18)9-7-10(19-2)12(21-4)11(8-9)20-3/h5-8H,1-4H3,(H,15,16,18). The first-order valence-corrected chi connectivity index (χ1v) is 6.19. The molecule has 0 bridgehead atoms.